The third-order valence-corrected chi connectivity index (χ3v) is 3.62. The van der Waals surface area contributed by atoms with Gasteiger partial charge in [-0.3, -0.25) is 19.3 Å². The third-order valence-electron chi connectivity index (χ3n) is 3.62. The van der Waals surface area contributed by atoms with Crippen LogP contribution in [0.5, 0.6) is 0 Å². The van der Waals surface area contributed by atoms with Gasteiger partial charge >= 0.3 is 0 Å². The normalized spacial score (nSPS) is 13.4. The average Bonchev–Trinajstić information content (AvgIpc) is 2.78. The van der Waals surface area contributed by atoms with E-state index in [2.05, 4.69) is 0 Å². The number of carbonyl (C=O) groups excluding carboxylic acids is 3. The second-order valence-corrected chi connectivity index (χ2v) is 4.92. The Bertz CT molecular complexity index is 684. The summed E-state index contributed by atoms with van der Waals surface area (Å²) in [5.41, 5.74) is 2.54. The molecule has 1 heterocycles. The highest BCUT2D eigenvalue weighted by molar-refractivity contribution is 6.21. The van der Waals surface area contributed by atoms with Gasteiger partial charge in [0.05, 0.1) is 11.1 Å². The Morgan fingerprint density at radius 1 is 0.857 bits per heavy atom. The van der Waals surface area contributed by atoms with E-state index in [0.717, 1.165) is 11.8 Å². The van der Waals surface area contributed by atoms with Crippen molar-refractivity contribution in [1.82, 2.24) is 4.90 Å². The molecule has 21 heavy (non-hydrogen) atoms. The van der Waals surface area contributed by atoms with Crippen LogP contribution >= 0.6 is 0 Å². The second-order valence-electron chi connectivity index (χ2n) is 4.92. The molecule has 0 fully saturated rings. The van der Waals surface area contributed by atoms with Crippen molar-refractivity contribution < 1.29 is 14.4 Å². The summed E-state index contributed by atoms with van der Waals surface area (Å²) in [5, 5.41) is 0. The van der Waals surface area contributed by atoms with Crippen molar-refractivity contribution in [3.8, 4) is 0 Å². The Labute approximate surface area is 122 Å². The molecule has 0 bridgehead atoms. The van der Waals surface area contributed by atoms with Gasteiger partial charge in [-0.2, -0.15) is 0 Å². The summed E-state index contributed by atoms with van der Waals surface area (Å²) < 4.78 is 0. The maximum Gasteiger partial charge on any atom is 0.261 e. The molecule has 3 rings (SSSR count). The summed E-state index contributed by atoms with van der Waals surface area (Å²) in [6, 6.07) is 14.0. The standard InChI is InChI=1S/C17H13NO3/c19-11-13-7-5-12(6-8-13)9-10-18-16(20)14-3-1-2-4-15(14)17(18)21/h1-8,11H,9-10H2. The Morgan fingerprint density at radius 3 is 1.95 bits per heavy atom. The first-order chi connectivity index (χ1) is 10.2. The van der Waals surface area contributed by atoms with Gasteiger partial charge in [0, 0.05) is 12.1 Å². The molecule has 0 aliphatic carbocycles. The van der Waals surface area contributed by atoms with Crippen LogP contribution in [0, 0.1) is 0 Å². The molecular formula is C17H13NO3. The van der Waals surface area contributed by atoms with Crippen molar-refractivity contribution in [2.24, 2.45) is 0 Å². The molecular weight excluding hydrogens is 266 g/mol. The number of hydrogen-bond acceptors (Lipinski definition) is 3. The molecule has 0 saturated carbocycles. The molecule has 0 spiro atoms. The molecule has 1 aliphatic rings. The number of rotatable bonds is 4. The van der Waals surface area contributed by atoms with E-state index in [-0.39, 0.29) is 11.8 Å². The SMILES string of the molecule is O=Cc1ccc(CCN2C(=O)c3ccccc3C2=O)cc1. The molecule has 4 heteroatoms. The van der Waals surface area contributed by atoms with Crippen LogP contribution in [-0.4, -0.2) is 29.5 Å². The molecule has 0 saturated heterocycles. The molecule has 2 amide bonds. The number of aldehydes is 1. The fraction of sp³-hybridized carbons (Fsp3) is 0.118. The highest BCUT2D eigenvalue weighted by Crippen LogP contribution is 2.22. The highest BCUT2D eigenvalue weighted by Gasteiger charge is 2.34. The van der Waals surface area contributed by atoms with Crippen molar-refractivity contribution in [3.63, 3.8) is 0 Å². The smallest absolute Gasteiger partial charge is 0.261 e. The monoisotopic (exact) mass is 279 g/mol. The van der Waals surface area contributed by atoms with Crippen molar-refractivity contribution in [2.45, 2.75) is 6.42 Å². The fourth-order valence-electron chi connectivity index (χ4n) is 2.45. The van der Waals surface area contributed by atoms with E-state index in [0.29, 0.717) is 29.7 Å². The number of fused-ring (bicyclic) bond motifs is 1. The van der Waals surface area contributed by atoms with Gasteiger partial charge in [0.2, 0.25) is 0 Å². The first-order valence-electron chi connectivity index (χ1n) is 6.70. The summed E-state index contributed by atoms with van der Waals surface area (Å²) in [4.78, 5) is 36.3. The predicted molar refractivity (Wildman–Crippen MR) is 77.3 cm³/mol. The van der Waals surface area contributed by atoms with Crippen LogP contribution in [0.1, 0.15) is 36.6 Å². The van der Waals surface area contributed by atoms with E-state index in [1.54, 1.807) is 36.4 Å². The molecule has 4 nitrogen and oxygen atoms in total. The van der Waals surface area contributed by atoms with Crippen LogP contribution in [0.4, 0.5) is 0 Å². The van der Waals surface area contributed by atoms with Crippen LogP contribution in [0.25, 0.3) is 0 Å². The number of amides is 2. The van der Waals surface area contributed by atoms with Crippen LogP contribution in [0.15, 0.2) is 48.5 Å². The minimum atomic E-state index is -0.236. The van der Waals surface area contributed by atoms with Gasteiger partial charge in [-0.05, 0) is 24.1 Å². The molecule has 0 N–H and O–H groups in total. The van der Waals surface area contributed by atoms with Crippen molar-refractivity contribution in [1.29, 1.82) is 0 Å². The van der Waals surface area contributed by atoms with Gasteiger partial charge in [-0.15, -0.1) is 0 Å². The summed E-state index contributed by atoms with van der Waals surface area (Å²) in [6.45, 7) is 0.340. The van der Waals surface area contributed by atoms with E-state index < -0.39 is 0 Å². The number of benzene rings is 2. The van der Waals surface area contributed by atoms with Gasteiger partial charge in [0.25, 0.3) is 11.8 Å². The number of hydrogen-bond donors (Lipinski definition) is 0. The van der Waals surface area contributed by atoms with Gasteiger partial charge < -0.3 is 0 Å². The van der Waals surface area contributed by atoms with Crippen LogP contribution in [0.3, 0.4) is 0 Å². The van der Waals surface area contributed by atoms with Gasteiger partial charge in [-0.1, -0.05) is 36.4 Å². The first kappa shape index (κ1) is 13.2. The van der Waals surface area contributed by atoms with Crippen molar-refractivity contribution in [3.05, 3.63) is 70.8 Å². The van der Waals surface area contributed by atoms with Crippen molar-refractivity contribution >= 4 is 18.1 Å². The summed E-state index contributed by atoms with van der Waals surface area (Å²) in [7, 11) is 0. The minimum absolute atomic E-state index is 0.236. The molecule has 0 aromatic heterocycles. The molecule has 1 aliphatic heterocycles. The predicted octanol–water partition coefficient (Wildman–Crippen LogP) is 2.34. The zero-order valence-electron chi connectivity index (χ0n) is 11.3. The van der Waals surface area contributed by atoms with Crippen LogP contribution in [0.2, 0.25) is 0 Å². The van der Waals surface area contributed by atoms with E-state index in [4.69, 9.17) is 0 Å². The zero-order chi connectivity index (χ0) is 14.8. The number of nitrogens with zero attached hydrogens (tertiary/aromatic N) is 1. The third kappa shape index (κ3) is 2.36. The minimum Gasteiger partial charge on any atom is -0.298 e. The summed E-state index contributed by atoms with van der Waals surface area (Å²) in [6.07, 6.45) is 1.36. The Morgan fingerprint density at radius 2 is 1.43 bits per heavy atom. The fourth-order valence-corrected chi connectivity index (χ4v) is 2.45. The quantitative estimate of drug-likeness (QED) is 0.637. The van der Waals surface area contributed by atoms with Crippen LogP contribution < -0.4 is 0 Å². The molecule has 0 radical (unpaired) electrons. The van der Waals surface area contributed by atoms with E-state index in [1.807, 2.05) is 12.1 Å². The van der Waals surface area contributed by atoms with E-state index in [9.17, 15) is 14.4 Å². The zero-order valence-corrected chi connectivity index (χ0v) is 11.3. The highest BCUT2D eigenvalue weighted by atomic mass is 16.2. The van der Waals surface area contributed by atoms with E-state index in [1.165, 1.54) is 4.90 Å². The summed E-state index contributed by atoms with van der Waals surface area (Å²) in [5.74, 6) is -0.472. The molecule has 104 valence electrons. The maximum absolute atomic E-state index is 12.2. The lowest BCUT2D eigenvalue weighted by atomic mass is 10.1. The molecule has 2 aromatic carbocycles. The summed E-state index contributed by atoms with van der Waals surface area (Å²) >= 11 is 0. The Kier molecular flexibility index (Phi) is 3.36. The molecule has 2 aromatic rings. The topological polar surface area (TPSA) is 54.5 Å². The Hall–Kier alpha value is -2.75. The van der Waals surface area contributed by atoms with Gasteiger partial charge in [-0.25, -0.2) is 0 Å². The number of carbonyl (C=O) groups is 3. The van der Waals surface area contributed by atoms with Crippen LogP contribution in [-0.2, 0) is 6.42 Å². The second kappa shape index (κ2) is 5.32. The Balaban J connectivity index is 1.73. The van der Waals surface area contributed by atoms with E-state index >= 15 is 0 Å². The van der Waals surface area contributed by atoms with Gasteiger partial charge in [0.15, 0.2) is 0 Å². The molecule has 0 atom stereocenters. The largest absolute Gasteiger partial charge is 0.298 e. The van der Waals surface area contributed by atoms with Crippen molar-refractivity contribution in [2.75, 3.05) is 6.54 Å². The lowest BCUT2D eigenvalue weighted by molar-refractivity contribution is 0.0656. The van der Waals surface area contributed by atoms with Gasteiger partial charge in [0.1, 0.15) is 6.29 Å². The average molecular weight is 279 g/mol. The lowest BCUT2D eigenvalue weighted by Crippen LogP contribution is -2.31. The maximum atomic E-state index is 12.2. The lowest BCUT2D eigenvalue weighted by Gasteiger charge is -2.13. The number of imide groups is 1. The first-order valence-corrected chi connectivity index (χ1v) is 6.70. The molecule has 0 unspecified atom stereocenters.